The molecule has 1 N–H and O–H groups in total. The second kappa shape index (κ2) is 7.11. The van der Waals surface area contributed by atoms with Crippen molar-refractivity contribution in [1.82, 2.24) is 5.32 Å². The Kier molecular flexibility index (Phi) is 5.19. The van der Waals surface area contributed by atoms with Crippen LogP contribution in [0.4, 0.5) is 0 Å². The van der Waals surface area contributed by atoms with Crippen LogP contribution in [0.15, 0.2) is 48.5 Å². The fourth-order valence-electron chi connectivity index (χ4n) is 2.60. The Morgan fingerprint density at radius 1 is 1.10 bits per heavy atom. The number of methoxy groups -OCH3 is 1. The van der Waals surface area contributed by atoms with Crippen molar-refractivity contribution in [2.24, 2.45) is 0 Å². The average Bonchev–Trinajstić information content (AvgIpc) is 2.49. The Labute approximate surface area is 121 Å². The monoisotopic (exact) mass is 269 g/mol. The predicted octanol–water partition coefficient (Wildman–Crippen LogP) is 3.75. The molecule has 0 bridgehead atoms. The van der Waals surface area contributed by atoms with Crippen LogP contribution < -0.4 is 10.1 Å². The van der Waals surface area contributed by atoms with Gasteiger partial charge >= 0.3 is 0 Å². The molecule has 2 nitrogen and oxygen atoms in total. The van der Waals surface area contributed by atoms with Crippen LogP contribution in [0, 0.1) is 6.92 Å². The second-order valence-electron chi connectivity index (χ2n) is 5.10. The fourth-order valence-corrected chi connectivity index (χ4v) is 2.60. The molecule has 2 rings (SSSR count). The molecule has 0 heterocycles. The van der Waals surface area contributed by atoms with E-state index >= 15 is 0 Å². The van der Waals surface area contributed by atoms with Gasteiger partial charge in [-0.25, -0.2) is 0 Å². The van der Waals surface area contributed by atoms with Crippen LogP contribution in [0.25, 0.3) is 0 Å². The van der Waals surface area contributed by atoms with Crippen LogP contribution in [0.2, 0.25) is 0 Å². The fraction of sp³-hybridized carbons (Fsp3) is 0.333. The van der Waals surface area contributed by atoms with Crippen LogP contribution >= 0.6 is 0 Å². The first-order chi connectivity index (χ1) is 9.76. The normalized spacial score (nSPS) is 12.2. The molecule has 2 aromatic carbocycles. The molecule has 1 unspecified atom stereocenters. The summed E-state index contributed by atoms with van der Waals surface area (Å²) in [4.78, 5) is 0. The van der Waals surface area contributed by atoms with E-state index in [1.165, 1.54) is 16.7 Å². The highest BCUT2D eigenvalue weighted by Crippen LogP contribution is 2.34. The molecule has 0 aliphatic carbocycles. The molecular formula is C18H23NO. The van der Waals surface area contributed by atoms with E-state index in [0.717, 1.165) is 18.7 Å². The van der Waals surface area contributed by atoms with Gasteiger partial charge in [0.1, 0.15) is 5.75 Å². The van der Waals surface area contributed by atoms with Gasteiger partial charge in [0.25, 0.3) is 0 Å². The Bertz CT molecular complexity index is 536. The van der Waals surface area contributed by atoms with Crippen LogP contribution in [-0.2, 0) is 0 Å². The lowest BCUT2D eigenvalue weighted by Crippen LogP contribution is -2.14. The van der Waals surface area contributed by atoms with E-state index in [0.29, 0.717) is 5.92 Å². The Morgan fingerprint density at radius 3 is 2.50 bits per heavy atom. The molecule has 1 atom stereocenters. The number of rotatable bonds is 6. The lowest BCUT2D eigenvalue weighted by Gasteiger charge is -2.21. The van der Waals surface area contributed by atoms with Crippen molar-refractivity contribution in [2.45, 2.75) is 19.3 Å². The Balaban J connectivity index is 2.43. The summed E-state index contributed by atoms with van der Waals surface area (Å²) in [6.45, 7) is 3.11. The lowest BCUT2D eigenvalue weighted by molar-refractivity contribution is 0.406. The molecule has 0 aromatic heterocycles. The molecule has 2 heteroatoms. The highest BCUT2D eigenvalue weighted by molar-refractivity contribution is 5.44. The summed E-state index contributed by atoms with van der Waals surface area (Å²) in [6, 6.07) is 17.1. The van der Waals surface area contributed by atoms with E-state index < -0.39 is 0 Å². The maximum absolute atomic E-state index is 5.56. The molecule has 20 heavy (non-hydrogen) atoms. The van der Waals surface area contributed by atoms with Crippen molar-refractivity contribution in [3.05, 3.63) is 65.2 Å². The van der Waals surface area contributed by atoms with Crippen LogP contribution in [0.3, 0.4) is 0 Å². The SMILES string of the molecule is CNCCC(c1ccccc1)c1cc(C)ccc1OC. The van der Waals surface area contributed by atoms with Crippen molar-refractivity contribution < 1.29 is 4.74 Å². The Morgan fingerprint density at radius 2 is 1.85 bits per heavy atom. The standard InChI is InChI=1S/C18H23NO/c1-14-9-10-18(20-3)17(13-14)16(11-12-19-2)15-7-5-4-6-8-15/h4-10,13,16,19H,11-12H2,1-3H3. The average molecular weight is 269 g/mol. The minimum atomic E-state index is 0.360. The molecule has 0 fully saturated rings. The lowest BCUT2D eigenvalue weighted by atomic mass is 9.87. The topological polar surface area (TPSA) is 21.3 Å². The second-order valence-corrected chi connectivity index (χ2v) is 5.10. The van der Waals surface area contributed by atoms with Crippen molar-refractivity contribution in [1.29, 1.82) is 0 Å². The van der Waals surface area contributed by atoms with Gasteiger partial charge in [-0.1, -0.05) is 48.0 Å². The molecular weight excluding hydrogens is 246 g/mol. The largest absolute Gasteiger partial charge is 0.496 e. The van der Waals surface area contributed by atoms with Crippen molar-refractivity contribution in [3.8, 4) is 5.75 Å². The van der Waals surface area contributed by atoms with E-state index in [1.54, 1.807) is 7.11 Å². The van der Waals surface area contributed by atoms with Gasteiger partial charge in [0, 0.05) is 11.5 Å². The third-order valence-corrected chi connectivity index (χ3v) is 3.65. The summed E-state index contributed by atoms with van der Waals surface area (Å²) in [7, 11) is 3.74. The summed E-state index contributed by atoms with van der Waals surface area (Å²) < 4.78 is 5.56. The quantitative estimate of drug-likeness (QED) is 0.862. The molecule has 106 valence electrons. The van der Waals surface area contributed by atoms with E-state index in [4.69, 9.17) is 4.74 Å². The Hall–Kier alpha value is -1.80. The van der Waals surface area contributed by atoms with E-state index in [2.05, 4.69) is 60.8 Å². The van der Waals surface area contributed by atoms with Gasteiger partial charge in [0.2, 0.25) is 0 Å². The molecule has 2 aromatic rings. The molecule has 0 spiro atoms. The van der Waals surface area contributed by atoms with E-state index in [9.17, 15) is 0 Å². The molecule has 0 radical (unpaired) electrons. The minimum Gasteiger partial charge on any atom is -0.496 e. The predicted molar refractivity (Wildman–Crippen MR) is 84.6 cm³/mol. The van der Waals surface area contributed by atoms with Crippen molar-refractivity contribution >= 4 is 0 Å². The van der Waals surface area contributed by atoms with Crippen LogP contribution in [-0.4, -0.2) is 20.7 Å². The first-order valence-corrected chi connectivity index (χ1v) is 7.10. The highest BCUT2D eigenvalue weighted by atomic mass is 16.5. The van der Waals surface area contributed by atoms with Crippen molar-refractivity contribution in [2.75, 3.05) is 20.7 Å². The zero-order valence-electron chi connectivity index (χ0n) is 12.5. The first-order valence-electron chi connectivity index (χ1n) is 7.10. The maximum atomic E-state index is 5.56. The number of ether oxygens (including phenoxy) is 1. The van der Waals surface area contributed by atoms with E-state index in [1.807, 2.05) is 7.05 Å². The van der Waals surface area contributed by atoms with Gasteiger partial charge in [-0.2, -0.15) is 0 Å². The number of nitrogens with one attached hydrogen (secondary N) is 1. The third-order valence-electron chi connectivity index (χ3n) is 3.65. The summed E-state index contributed by atoms with van der Waals surface area (Å²) in [6.07, 6.45) is 1.06. The summed E-state index contributed by atoms with van der Waals surface area (Å²) in [5.74, 6) is 1.33. The summed E-state index contributed by atoms with van der Waals surface area (Å²) >= 11 is 0. The zero-order valence-corrected chi connectivity index (χ0v) is 12.5. The number of hydrogen-bond acceptors (Lipinski definition) is 2. The van der Waals surface area contributed by atoms with Gasteiger partial charge in [0.15, 0.2) is 0 Å². The highest BCUT2D eigenvalue weighted by Gasteiger charge is 2.17. The maximum Gasteiger partial charge on any atom is 0.122 e. The summed E-state index contributed by atoms with van der Waals surface area (Å²) in [5.41, 5.74) is 3.88. The van der Waals surface area contributed by atoms with Gasteiger partial charge in [-0.3, -0.25) is 0 Å². The molecule has 0 saturated heterocycles. The zero-order chi connectivity index (χ0) is 14.4. The first kappa shape index (κ1) is 14.6. The number of hydrogen-bond donors (Lipinski definition) is 1. The minimum absolute atomic E-state index is 0.360. The van der Waals surface area contributed by atoms with Gasteiger partial charge < -0.3 is 10.1 Å². The molecule has 0 amide bonds. The van der Waals surface area contributed by atoms with E-state index in [-0.39, 0.29) is 0 Å². The van der Waals surface area contributed by atoms with Gasteiger partial charge in [-0.15, -0.1) is 0 Å². The summed E-state index contributed by atoms with van der Waals surface area (Å²) in [5, 5.41) is 3.25. The molecule has 0 saturated carbocycles. The smallest absolute Gasteiger partial charge is 0.122 e. The molecule has 0 aliphatic rings. The molecule has 0 aliphatic heterocycles. The van der Waals surface area contributed by atoms with Gasteiger partial charge in [-0.05, 0) is 38.6 Å². The number of benzene rings is 2. The van der Waals surface area contributed by atoms with Crippen LogP contribution in [0.5, 0.6) is 5.75 Å². The number of aryl methyl sites for hydroxylation is 1. The van der Waals surface area contributed by atoms with Gasteiger partial charge in [0.05, 0.1) is 7.11 Å². The van der Waals surface area contributed by atoms with Crippen LogP contribution in [0.1, 0.15) is 29.0 Å². The third kappa shape index (κ3) is 3.40. The van der Waals surface area contributed by atoms with Crippen molar-refractivity contribution in [3.63, 3.8) is 0 Å².